The van der Waals surface area contributed by atoms with Crippen LogP contribution in [0.2, 0.25) is 0 Å². The molecule has 1 rings (SSSR count). The quantitative estimate of drug-likeness (QED) is 0.829. The molecule has 0 fully saturated rings. The summed E-state index contributed by atoms with van der Waals surface area (Å²) in [7, 11) is 1.58. The number of hydrogen-bond donors (Lipinski definition) is 1. The van der Waals surface area contributed by atoms with Gasteiger partial charge in [0.1, 0.15) is 5.75 Å². The fraction of sp³-hybridized carbons (Fsp3) is 0.538. The van der Waals surface area contributed by atoms with Crippen molar-refractivity contribution in [2.45, 2.75) is 32.2 Å². The fourth-order valence-corrected chi connectivity index (χ4v) is 1.79. The standard InChI is InChI=1S/C13H19F2NO/c1-4-16-13(2,12(14)15)9-10-5-7-11(17-3)8-6-10/h5-8,12,16H,4,9H2,1-3H3. The summed E-state index contributed by atoms with van der Waals surface area (Å²) in [5, 5.41) is 2.85. The first-order valence-electron chi connectivity index (χ1n) is 5.68. The molecular formula is C13H19F2NO. The molecule has 1 unspecified atom stereocenters. The summed E-state index contributed by atoms with van der Waals surface area (Å²) in [6.07, 6.45) is -2.10. The van der Waals surface area contributed by atoms with E-state index in [2.05, 4.69) is 5.32 Å². The minimum Gasteiger partial charge on any atom is -0.497 e. The highest BCUT2D eigenvalue weighted by Crippen LogP contribution is 2.22. The summed E-state index contributed by atoms with van der Waals surface area (Å²) in [6, 6.07) is 7.20. The Morgan fingerprint density at radius 1 is 1.29 bits per heavy atom. The van der Waals surface area contributed by atoms with Gasteiger partial charge in [-0.25, -0.2) is 8.78 Å². The number of halogens is 2. The molecule has 0 aromatic heterocycles. The summed E-state index contributed by atoms with van der Waals surface area (Å²) < 4.78 is 31.1. The smallest absolute Gasteiger partial charge is 0.256 e. The zero-order valence-corrected chi connectivity index (χ0v) is 10.5. The van der Waals surface area contributed by atoms with Gasteiger partial charge in [0.25, 0.3) is 6.43 Å². The van der Waals surface area contributed by atoms with E-state index in [9.17, 15) is 8.78 Å². The maximum absolute atomic E-state index is 13.0. The Morgan fingerprint density at radius 3 is 2.29 bits per heavy atom. The number of ether oxygens (including phenoxy) is 1. The maximum atomic E-state index is 13.0. The van der Waals surface area contributed by atoms with Crippen LogP contribution in [-0.4, -0.2) is 25.6 Å². The minimum absolute atomic E-state index is 0.294. The van der Waals surface area contributed by atoms with Crippen LogP contribution in [0.25, 0.3) is 0 Å². The Bertz CT molecular complexity index is 340. The van der Waals surface area contributed by atoms with E-state index in [4.69, 9.17) is 4.74 Å². The largest absolute Gasteiger partial charge is 0.497 e. The second-order valence-corrected chi connectivity index (χ2v) is 4.27. The molecule has 1 atom stereocenters. The number of nitrogens with one attached hydrogen (secondary N) is 1. The van der Waals surface area contributed by atoms with Gasteiger partial charge in [0, 0.05) is 0 Å². The van der Waals surface area contributed by atoms with Crippen LogP contribution >= 0.6 is 0 Å². The third kappa shape index (κ3) is 3.66. The van der Waals surface area contributed by atoms with E-state index in [0.29, 0.717) is 13.0 Å². The molecule has 4 heteroatoms. The number of likely N-dealkylation sites (N-methyl/N-ethyl adjacent to an activating group) is 1. The lowest BCUT2D eigenvalue weighted by molar-refractivity contribution is 0.0415. The van der Waals surface area contributed by atoms with Gasteiger partial charge < -0.3 is 10.1 Å². The predicted octanol–water partition coefficient (Wildman–Crippen LogP) is 2.87. The second-order valence-electron chi connectivity index (χ2n) is 4.27. The van der Waals surface area contributed by atoms with Gasteiger partial charge >= 0.3 is 0 Å². The van der Waals surface area contributed by atoms with Crippen LogP contribution in [0, 0.1) is 0 Å². The number of rotatable bonds is 6. The topological polar surface area (TPSA) is 21.3 Å². The molecule has 0 bridgehead atoms. The van der Waals surface area contributed by atoms with Gasteiger partial charge in [-0.05, 0) is 37.6 Å². The van der Waals surface area contributed by atoms with Crippen molar-refractivity contribution in [3.8, 4) is 5.75 Å². The molecule has 2 nitrogen and oxygen atoms in total. The first kappa shape index (κ1) is 13.9. The molecule has 0 aliphatic heterocycles. The van der Waals surface area contributed by atoms with Gasteiger partial charge in [-0.15, -0.1) is 0 Å². The second kappa shape index (κ2) is 5.96. The van der Waals surface area contributed by atoms with Crippen molar-refractivity contribution in [2.24, 2.45) is 0 Å². The van der Waals surface area contributed by atoms with Gasteiger partial charge in [0.05, 0.1) is 12.6 Å². The van der Waals surface area contributed by atoms with E-state index in [-0.39, 0.29) is 0 Å². The van der Waals surface area contributed by atoms with Crippen LogP contribution in [0.1, 0.15) is 19.4 Å². The Labute approximate surface area is 101 Å². The van der Waals surface area contributed by atoms with Crippen molar-refractivity contribution in [1.82, 2.24) is 5.32 Å². The molecule has 0 radical (unpaired) electrons. The molecule has 0 aliphatic carbocycles. The highest BCUT2D eigenvalue weighted by atomic mass is 19.3. The normalized spacial score (nSPS) is 14.7. The third-order valence-electron chi connectivity index (χ3n) is 2.79. The van der Waals surface area contributed by atoms with Crippen molar-refractivity contribution in [3.63, 3.8) is 0 Å². The lowest BCUT2D eigenvalue weighted by Crippen LogP contribution is -2.50. The Hall–Kier alpha value is -1.16. The van der Waals surface area contributed by atoms with E-state index in [0.717, 1.165) is 11.3 Å². The maximum Gasteiger partial charge on any atom is 0.256 e. The van der Waals surface area contributed by atoms with E-state index in [1.54, 1.807) is 26.2 Å². The average molecular weight is 243 g/mol. The number of hydrogen-bond acceptors (Lipinski definition) is 2. The zero-order chi connectivity index (χ0) is 12.9. The molecule has 0 saturated heterocycles. The molecule has 17 heavy (non-hydrogen) atoms. The van der Waals surface area contributed by atoms with Crippen LogP contribution in [0.4, 0.5) is 8.78 Å². The molecule has 1 N–H and O–H groups in total. The van der Waals surface area contributed by atoms with Crippen molar-refractivity contribution in [3.05, 3.63) is 29.8 Å². The molecule has 0 saturated carbocycles. The fourth-order valence-electron chi connectivity index (χ4n) is 1.79. The summed E-state index contributed by atoms with van der Waals surface area (Å²) in [5.74, 6) is 0.732. The first-order valence-corrected chi connectivity index (χ1v) is 5.68. The van der Waals surface area contributed by atoms with Crippen molar-refractivity contribution in [2.75, 3.05) is 13.7 Å². The highest BCUT2D eigenvalue weighted by Gasteiger charge is 2.33. The van der Waals surface area contributed by atoms with E-state index < -0.39 is 12.0 Å². The molecule has 1 aromatic carbocycles. The van der Waals surface area contributed by atoms with Crippen LogP contribution in [0.3, 0.4) is 0 Å². The summed E-state index contributed by atoms with van der Waals surface area (Å²) >= 11 is 0. The van der Waals surface area contributed by atoms with Crippen molar-refractivity contribution < 1.29 is 13.5 Å². The van der Waals surface area contributed by atoms with Gasteiger partial charge in [0.2, 0.25) is 0 Å². The molecular weight excluding hydrogens is 224 g/mol. The molecule has 0 aliphatic rings. The molecule has 0 spiro atoms. The predicted molar refractivity (Wildman–Crippen MR) is 64.8 cm³/mol. The average Bonchev–Trinajstić information content (AvgIpc) is 2.30. The third-order valence-corrected chi connectivity index (χ3v) is 2.79. The Kier molecular flexibility index (Phi) is 4.87. The van der Waals surface area contributed by atoms with Gasteiger partial charge in [-0.1, -0.05) is 19.1 Å². The SMILES string of the molecule is CCNC(C)(Cc1ccc(OC)cc1)C(F)F. The molecule has 1 aromatic rings. The first-order chi connectivity index (χ1) is 8.01. The summed E-state index contributed by atoms with van der Waals surface area (Å²) in [5.41, 5.74) is -0.307. The van der Waals surface area contributed by atoms with Gasteiger partial charge in [-0.2, -0.15) is 0 Å². The highest BCUT2D eigenvalue weighted by molar-refractivity contribution is 5.28. The lowest BCUT2D eigenvalue weighted by Gasteiger charge is -2.29. The number of methoxy groups -OCH3 is 1. The van der Waals surface area contributed by atoms with Gasteiger partial charge in [-0.3, -0.25) is 0 Å². The summed E-state index contributed by atoms with van der Waals surface area (Å²) in [6.45, 7) is 3.90. The molecule has 0 amide bonds. The number of alkyl halides is 2. The molecule has 96 valence electrons. The van der Waals surface area contributed by atoms with Crippen molar-refractivity contribution >= 4 is 0 Å². The van der Waals surface area contributed by atoms with Crippen LogP contribution < -0.4 is 10.1 Å². The summed E-state index contributed by atoms with van der Waals surface area (Å²) in [4.78, 5) is 0. The van der Waals surface area contributed by atoms with Gasteiger partial charge in [0.15, 0.2) is 0 Å². The molecule has 0 heterocycles. The lowest BCUT2D eigenvalue weighted by atomic mass is 9.93. The monoisotopic (exact) mass is 243 g/mol. The van der Waals surface area contributed by atoms with E-state index in [1.807, 2.05) is 19.1 Å². The zero-order valence-electron chi connectivity index (χ0n) is 10.5. The minimum atomic E-state index is -2.40. The number of benzene rings is 1. The Morgan fingerprint density at radius 2 is 1.88 bits per heavy atom. The Balaban J connectivity index is 2.78. The van der Waals surface area contributed by atoms with E-state index in [1.165, 1.54) is 0 Å². The van der Waals surface area contributed by atoms with Crippen LogP contribution in [-0.2, 0) is 6.42 Å². The van der Waals surface area contributed by atoms with E-state index >= 15 is 0 Å². The van der Waals surface area contributed by atoms with Crippen molar-refractivity contribution in [1.29, 1.82) is 0 Å². The van der Waals surface area contributed by atoms with Crippen LogP contribution in [0.15, 0.2) is 24.3 Å². The van der Waals surface area contributed by atoms with Crippen LogP contribution in [0.5, 0.6) is 5.75 Å².